The topological polar surface area (TPSA) is 199 Å². The van der Waals surface area contributed by atoms with Gasteiger partial charge in [-0.1, -0.05) is 48.5 Å². The van der Waals surface area contributed by atoms with Crippen LogP contribution in [0.4, 0.5) is 4.79 Å². The number of nitrogens with zero attached hydrogens (tertiary/aromatic N) is 1. The molecule has 2 amide bonds. The molecule has 0 saturated heterocycles. The maximum Gasteiger partial charge on any atom is 0.407 e. The number of benzene rings is 3. The maximum atomic E-state index is 13.5. The average molecular weight is 706 g/mol. The molecule has 5 rings (SSSR count). The van der Waals surface area contributed by atoms with Crippen molar-refractivity contribution in [3.05, 3.63) is 81.9 Å². The lowest BCUT2D eigenvalue weighted by Gasteiger charge is -2.19. The Hall–Kier alpha value is -5.11. The Kier molecular flexibility index (Phi) is 10.4. The van der Waals surface area contributed by atoms with Gasteiger partial charge in [0.2, 0.25) is 11.9 Å². The highest BCUT2D eigenvalue weighted by Crippen LogP contribution is 2.45. The van der Waals surface area contributed by atoms with Gasteiger partial charge < -0.3 is 30.9 Å². The minimum Gasteiger partial charge on any atom is -0.487 e. The smallest absolute Gasteiger partial charge is 0.407 e. The Morgan fingerprint density at radius 3 is 2.26 bits per heavy atom. The third kappa shape index (κ3) is 7.70. The van der Waals surface area contributed by atoms with Crippen LogP contribution in [0.25, 0.3) is 11.1 Å². The van der Waals surface area contributed by atoms with Crippen LogP contribution in [0.3, 0.4) is 0 Å². The molecule has 0 saturated carbocycles. The van der Waals surface area contributed by atoms with Crippen molar-refractivity contribution < 1.29 is 37.4 Å². The standard InChI is InChI=1S/C36H43N5O8S/c1-20-21(2)32(22(3)27-17-36(4,5)49-31(20)27)50(46,47)41-34(37)38-16-10-15-29(33(44)39-18-30(42)43)40-35(45)48-19-28-25-13-8-6-11-23(25)24-12-7-9-14-26(24)28/h6-9,11-14,28-29H,10,15-19H2,1-5H3,(H,39,44)(H,40,45)(H,42,43)(H3,37,38,41)/t29-/m0/s1. The van der Waals surface area contributed by atoms with Crippen molar-refractivity contribution in [2.45, 2.75) is 76.3 Å². The Bertz CT molecular complexity index is 1930. The minimum absolute atomic E-state index is 0.00659. The van der Waals surface area contributed by atoms with E-state index in [9.17, 15) is 22.8 Å². The van der Waals surface area contributed by atoms with Gasteiger partial charge in [0.25, 0.3) is 10.0 Å². The summed E-state index contributed by atoms with van der Waals surface area (Å²) in [5.74, 6) is -1.79. The van der Waals surface area contributed by atoms with Crippen molar-refractivity contribution in [3.63, 3.8) is 0 Å². The van der Waals surface area contributed by atoms with E-state index in [0.29, 0.717) is 23.3 Å². The van der Waals surface area contributed by atoms with E-state index in [0.717, 1.165) is 33.4 Å². The van der Waals surface area contributed by atoms with Gasteiger partial charge in [-0.05, 0) is 86.4 Å². The number of guanidine groups is 1. The first-order valence-electron chi connectivity index (χ1n) is 16.3. The van der Waals surface area contributed by atoms with E-state index in [4.69, 9.17) is 20.3 Å². The van der Waals surface area contributed by atoms with Crippen LogP contribution >= 0.6 is 0 Å². The van der Waals surface area contributed by atoms with E-state index in [1.165, 1.54) is 0 Å². The number of nitrogens with one attached hydrogen (secondary N) is 3. The molecular formula is C36H43N5O8S. The number of alkyl carbamates (subject to hydrolysis) is 1. The molecule has 14 heteroatoms. The molecule has 1 aliphatic carbocycles. The molecule has 3 aromatic rings. The number of ether oxygens (including phenoxy) is 2. The molecule has 0 aromatic heterocycles. The first-order chi connectivity index (χ1) is 23.6. The Labute approximate surface area is 291 Å². The zero-order chi connectivity index (χ0) is 36.4. The quantitative estimate of drug-likeness (QED) is 0.106. The monoisotopic (exact) mass is 705 g/mol. The molecule has 50 heavy (non-hydrogen) atoms. The van der Waals surface area contributed by atoms with E-state index in [2.05, 4.69) is 20.3 Å². The molecule has 6 N–H and O–H groups in total. The largest absolute Gasteiger partial charge is 0.487 e. The SMILES string of the molecule is Cc1c(C)c(S(=O)(=O)NC(N)=NCCC[C@H](NC(=O)OCC2c3ccccc3-c3ccccc32)C(=O)NCC(=O)O)c(C)c2c1OC(C)(C)C2. The fourth-order valence-corrected chi connectivity index (χ4v) is 8.23. The normalized spacial score (nSPS) is 15.3. The van der Waals surface area contributed by atoms with Crippen molar-refractivity contribution in [2.75, 3.05) is 19.7 Å². The number of rotatable bonds is 12. The highest BCUT2D eigenvalue weighted by Gasteiger charge is 2.37. The van der Waals surface area contributed by atoms with E-state index < -0.39 is 46.2 Å². The first kappa shape index (κ1) is 36.2. The van der Waals surface area contributed by atoms with Crippen LogP contribution in [-0.2, 0) is 30.8 Å². The molecule has 3 aromatic carbocycles. The second kappa shape index (κ2) is 14.4. The summed E-state index contributed by atoms with van der Waals surface area (Å²) < 4.78 is 41.0. The number of nitrogens with two attached hydrogens (primary N) is 1. The maximum absolute atomic E-state index is 13.5. The van der Waals surface area contributed by atoms with Crippen LogP contribution in [0, 0.1) is 20.8 Å². The molecule has 0 radical (unpaired) electrons. The molecule has 0 bridgehead atoms. The van der Waals surface area contributed by atoms with Crippen molar-refractivity contribution >= 4 is 34.0 Å². The lowest BCUT2D eigenvalue weighted by atomic mass is 9.94. The lowest BCUT2D eigenvalue weighted by Crippen LogP contribution is -2.48. The van der Waals surface area contributed by atoms with Gasteiger partial charge in [0.05, 0.1) is 4.90 Å². The minimum atomic E-state index is -4.11. The number of fused-ring (bicyclic) bond motifs is 4. The number of carboxylic acid groups (broad SMARTS) is 1. The fraction of sp³-hybridized carbons (Fsp3) is 0.389. The van der Waals surface area contributed by atoms with E-state index in [-0.39, 0.29) is 42.8 Å². The van der Waals surface area contributed by atoms with Crippen LogP contribution in [0.5, 0.6) is 5.75 Å². The molecule has 1 atom stereocenters. The van der Waals surface area contributed by atoms with Gasteiger partial charge in [-0.15, -0.1) is 0 Å². The van der Waals surface area contributed by atoms with E-state index in [1.807, 2.05) is 69.3 Å². The van der Waals surface area contributed by atoms with Crippen LogP contribution in [0.1, 0.15) is 66.0 Å². The zero-order valence-electron chi connectivity index (χ0n) is 28.8. The molecule has 0 unspecified atom stereocenters. The highest BCUT2D eigenvalue weighted by atomic mass is 32.2. The van der Waals surface area contributed by atoms with Crippen molar-refractivity contribution in [1.29, 1.82) is 0 Å². The Morgan fingerprint density at radius 1 is 1.02 bits per heavy atom. The second-order valence-electron chi connectivity index (χ2n) is 13.2. The predicted octanol–water partition coefficient (Wildman–Crippen LogP) is 3.81. The van der Waals surface area contributed by atoms with Crippen LogP contribution in [-0.4, -0.2) is 68.8 Å². The van der Waals surface area contributed by atoms with Crippen LogP contribution in [0.2, 0.25) is 0 Å². The van der Waals surface area contributed by atoms with Crippen molar-refractivity contribution in [3.8, 4) is 16.9 Å². The van der Waals surface area contributed by atoms with Crippen LogP contribution in [0.15, 0.2) is 58.4 Å². The number of hydrogen-bond donors (Lipinski definition) is 5. The van der Waals surface area contributed by atoms with Crippen molar-refractivity contribution in [2.24, 2.45) is 10.7 Å². The number of aliphatic imine (C=N–C) groups is 1. The van der Waals surface area contributed by atoms with Gasteiger partial charge in [0, 0.05) is 24.4 Å². The summed E-state index contributed by atoms with van der Waals surface area (Å²) in [5, 5.41) is 13.9. The number of hydrogen-bond acceptors (Lipinski definition) is 8. The zero-order valence-corrected chi connectivity index (χ0v) is 29.6. The summed E-state index contributed by atoms with van der Waals surface area (Å²) >= 11 is 0. The van der Waals surface area contributed by atoms with Gasteiger partial charge in [-0.3, -0.25) is 14.6 Å². The summed E-state index contributed by atoms with van der Waals surface area (Å²) in [4.78, 5) is 41.1. The Morgan fingerprint density at radius 2 is 1.64 bits per heavy atom. The number of amides is 2. The van der Waals surface area contributed by atoms with Crippen molar-refractivity contribution in [1.82, 2.24) is 15.4 Å². The summed E-state index contributed by atoms with van der Waals surface area (Å²) in [6, 6.07) is 14.6. The number of sulfonamides is 1. The highest BCUT2D eigenvalue weighted by molar-refractivity contribution is 7.90. The van der Waals surface area contributed by atoms with Crippen LogP contribution < -0.4 is 25.8 Å². The third-order valence-corrected chi connectivity index (χ3v) is 10.7. The lowest BCUT2D eigenvalue weighted by molar-refractivity contribution is -0.138. The van der Waals surface area contributed by atoms with Gasteiger partial charge in [-0.2, -0.15) is 0 Å². The predicted molar refractivity (Wildman–Crippen MR) is 188 cm³/mol. The van der Waals surface area contributed by atoms with Gasteiger partial charge in [-0.25, -0.2) is 17.9 Å². The second-order valence-corrected chi connectivity index (χ2v) is 14.8. The molecule has 0 spiro atoms. The molecule has 1 heterocycles. The number of carbonyl (C=O) groups is 3. The van der Waals surface area contributed by atoms with E-state index in [1.54, 1.807) is 13.8 Å². The van der Waals surface area contributed by atoms with Gasteiger partial charge >= 0.3 is 12.1 Å². The molecule has 1 aliphatic heterocycles. The number of carbonyl (C=O) groups excluding carboxylic acids is 2. The van der Waals surface area contributed by atoms with E-state index >= 15 is 0 Å². The van der Waals surface area contributed by atoms with Gasteiger partial charge in [0.15, 0.2) is 0 Å². The number of aliphatic carboxylic acids is 1. The molecular weight excluding hydrogens is 662 g/mol. The fourth-order valence-electron chi connectivity index (χ4n) is 6.70. The molecule has 266 valence electrons. The Balaban J connectivity index is 1.21. The average Bonchev–Trinajstić information content (AvgIpc) is 3.56. The molecule has 2 aliphatic rings. The number of carboxylic acids is 1. The molecule has 0 fully saturated rings. The third-order valence-electron chi connectivity index (χ3n) is 9.10. The summed E-state index contributed by atoms with van der Waals surface area (Å²) in [6.07, 6.45) is -0.0499. The summed E-state index contributed by atoms with van der Waals surface area (Å²) in [6.45, 7) is 8.59. The summed E-state index contributed by atoms with van der Waals surface area (Å²) in [5.41, 5.74) is 12.4. The first-order valence-corrected chi connectivity index (χ1v) is 17.8. The summed E-state index contributed by atoms with van der Waals surface area (Å²) in [7, 11) is -4.11. The molecule has 13 nitrogen and oxygen atoms in total. The van der Waals surface area contributed by atoms with Gasteiger partial charge in [0.1, 0.15) is 30.5 Å².